The largest absolute Gasteiger partial charge is 0.459 e. The summed E-state index contributed by atoms with van der Waals surface area (Å²) in [5, 5.41) is 10.6. The third kappa shape index (κ3) is 3.42. The SMILES string of the molecule is O=C(CN1C(=O)[C@H]2CC=CC[C@@H]2C1=O)OCc1ccc([N+](=O)[O-])cc1. The Hall–Kier alpha value is -3.03. The minimum atomic E-state index is -0.688. The van der Waals surface area contributed by atoms with Crippen molar-refractivity contribution in [3.8, 4) is 0 Å². The molecule has 0 unspecified atom stereocenters. The maximum atomic E-state index is 12.3. The first kappa shape index (κ1) is 16.8. The maximum absolute atomic E-state index is 12.3. The molecule has 0 N–H and O–H groups in total. The lowest BCUT2D eigenvalue weighted by molar-refractivity contribution is -0.384. The second-order valence-electron chi connectivity index (χ2n) is 6.00. The molecule has 2 aliphatic rings. The van der Waals surface area contributed by atoms with Crippen molar-refractivity contribution in [2.24, 2.45) is 11.8 Å². The third-order valence-electron chi connectivity index (χ3n) is 4.43. The van der Waals surface area contributed by atoms with Gasteiger partial charge in [-0.15, -0.1) is 0 Å². The summed E-state index contributed by atoms with van der Waals surface area (Å²) < 4.78 is 5.07. The highest BCUT2D eigenvalue weighted by atomic mass is 16.6. The topological polar surface area (TPSA) is 107 Å². The molecule has 130 valence electrons. The Morgan fingerprint density at radius 3 is 2.20 bits per heavy atom. The number of esters is 1. The van der Waals surface area contributed by atoms with Crippen LogP contribution in [0.2, 0.25) is 0 Å². The predicted octanol–water partition coefficient (Wildman–Crippen LogP) is 1.59. The minimum Gasteiger partial charge on any atom is -0.459 e. The van der Waals surface area contributed by atoms with Gasteiger partial charge in [-0.3, -0.25) is 29.4 Å². The van der Waals surface area contributed by atoms with E-state index in [1.54, 1.807) is 0 Å². The summed E-state index contributed by atoms with van der Waals surface area (Å²) >= 11 is 0. The van der Waals surface area contributed by atoms with E-state index in [-0.39, 0.29) is 35.9 Å². The Balaban J connectivity index is 1.55. The summed E-state index contributed by atoms with van der Waals surface area (Å²) in [6.45, 7) is -0.487. The fourth-order valence-corrected chi connectivity index (χ4v) is 3.08. The van der Waals surface area contributed by atoms with Crippen molar-refractivity contribution < 1.29 is 24.0 Å². The predicted molar refractivity (Wildman–Crippen MR) is 85.0 cm³/mol. The monoisotopic (exact) mass is 344 g/mol. The van der Waals surface area contributed by atoms with E-state index in [0.29, 0.717) is 18.4 Å². The van der Waals surface area contributed by atoms with Gasteiger partial charge in [-0.1, -0.05) is 12.2 Å². The maximum Gasteiger partial charge on any atom is 0.326 e. The number of nitro benzene ring substituents is 1. The number of amides is 2. The molecule has 1 aliphatic heterocycles. The molecule has 1 aromatic rings. The van der Waals surface area contributed by atoms with Gasteiger partial charge in [0, 0.05) is 12.1 Å². The van der Waals surface area contributed by atoms with E-state index in [0.717, 1.165) is 4.90 Å². The Bertz CT molecular complexity index is 729. The van der Waals surface area contributed by atoms with Gasteiger partial charge in [0.25, 0.3) is 5.69 Å². The van der Waals surface area contributed by atoms with Crippen molar-refractivity contribution >= 4 is 23.5 Å². The van der Waals surface area contributed by atoms with E-state index in [2.05, 4.69) is 0 Å². The number of fused-ring (bicyclic) bond motifs is 1. The van der Waals surface area contributed by atoms with Crippen molar-refractivity contribution in [2.75, 3.05) is 6.54 Å². The normalized spacial score (nSPS) is 22.0. The molecular weight excluding hydrogens is 328 g/mol. The fourth-order valence-electron chi connectivity index (χ4n) is 3.08. The highest BCUT2D eigenvalue weighted by molar-refractivity contribution is 6.07. The van der Waals surface area contributed by atoms with Crippen LogP contribution < -0.4 is 0 Å². The van der Waals surface area contributed by atoms with E-state index in [1.165, 1.54) is 24.3 Å². The zero-order valence-electron chi connectivity index (χ0n) is 13.3. The highest BCUT2D eigenvalue weighted by Gasteiger charge is 2.47. The van der Waals surface area contributed by atoms with Gasteiger partial charge < -0.3 is 4.74 Å². The minimum absolute atomic E-state index is 0.0560. The van der Waals surface area contributed by atoms with Crippen LogP contribution >= 0.6 is 0 Å². The third-order valence-corrected chi connectivity index (χ3v) is 4.43. The van der Waals surface area contributed by atoms with Crippen LogP contribution in [0.15, 0.2) is 36.4 Å². The fraction of sp³-hybridized carbons (Fsp3) is 0.353. The van der Waals surface area contributed by atoms with Crippen LogP contribution in [0.4, 0.5) is 5.69 Å². The first-order chi connectivity index (χ1) is 12.0. The number of ether oxygens (including phenoxy) is 1. The van der Waals surface area contributed by atoms with E-state index in [9.17, 15) is 24.5 Å². The second kappa shape index (κ2) is 6.84. The molecule has 1 heterocycles. The Morgan fingerprint density at radius 1 is 1.12 bits per heavy atom. The number of likely N-dealkylation sites (tertiary alicyclic amines) is 1. The van der Waals surface area contributed by atoms with Crippen LogP contribution in [-0.4, -0.2) is 34.2 Å². The molecule has 3 rings (SSSR count). The van der Waals surface area contributed by atoms with Gasteiger partial charge >= 0.3 is 5.97 Å². The number of nitrogens with zero attached hydrogens (tertiary/aromatic N) is 2. The average molecular weight is 344 g/mol. The quantitative estimate of drug-likeness (QED) is 0.264. The lowest BCUT2D eigenvalue weighted by Crippen LogP contribution is -2.36. The van der Waals surface area contributed by atoms with E-state index >= 15 is 0 Å². The number of carbonyl (C=O) groups excluding carboxylic acids is 3. The van der Waals surface area contributed by atoms with E-state index in [4.69, 9.17) is 4.74 Å². The van der Waals surface area contributed by atoms with E-state index < -0.39 is 17.4 Å². The Morgan fingerprint density at radius 2 is 1.68 bits per heavy atom. The zero-order valence-corrected chi connectivity index (χ0v) is 13.3. The van der Waals surface area contributed by atoms with Crippen LogP contribution in [0.3, 0.4) is 0 Å². The summed E-state index contributed by atoms with van der Waals surface area (Å²) in [5.41, 5.74) is 0.524. The molecule has 25 heavy (non-hydrogen) atoms. The van der Waals surface area contributed by atoms with Crippen molar-refractivity contribution in [1.29, 1.82) is 0 Å². The number of non-ortho nitro benzene ring substituents is 1. The van der Waals surface area contributed by atoms with Crippen LogP contribution in [0, 0.1) is 22.0 Å². The number of rotatable bonds is 5. The summed E-state index contributed by atoms with van der Waals surface area (Å²) in [7, 11) is 0. The Labute approximate surface area is 143 Å². The van der Waals surface area contributed by atoms with Gasteiger partial charge in [0.15, 0.2) is 0 Å². The number of carbonyl (C=O) groups is 3. The van der Waals surface area contributed by atoms with Gasteiger partial charge in [-0.05, 0) is 30.5 Å². The van der Waals surface area contributed by atoms with Crippen molar-refractivity contribution in [1.82, 2.24) is 4.90 Å². The summed E-state index contributed by atoms with van der Waals surface area (Å²) in [6.07, 6.45) is 4.79. The number of hydrogen-bond acceptors (Lipinski definition) is 6. The van der Waals surface area contributed by atoms with Crippen molar-refractivity contribution in [2.45, 2.75) is 19.4 Å². The van der Waals surface area contributed by atoms with Crippen LogP contribution in [0.25, 0.3) is 0 Å². The lowest BCUT2D eigenvalue weighted by atomic mass is 9.85. The van der Waals surface area contributed by atoms with Crippen LogP contribution in [0.5, 0.6) is 0 Å². The zero-order chi connectivity index (χ0) is 18.0. The average Bonchev–Trinajstić information content (AvgIpc) is 2.86. The van der Waals surface area contributed by atoms with Crippen molar-refractivity contribution in [3.63, 3.8) is 0 Å². The summed E-state index contributed by atoms with van der Waals surface area (Å²) in [5.74, 6) is -2.09. The molecule has 1 saturated heterocycles. The Kier molecular flexibility index (Phi) is 4.60. The number of allylic oxidation sites excluding steroid dienone is 2. The van der Waals surface area contributed by atoms with Crippen LogP contribution in [0.1, 0.15) is 18.4 Å². The molecule has 0 aromatic heterocycles. The van der Waals surface area contributed by atoms with Gasteiger partial charge in [-0.2, -0.15) is 0 Å². The van der Waals surface area contributed by atoms with Crippen LogP contribution in [-0.2, 0) is 25.7 Å². The van der Waals surface area contributed by atoms with Crippen molar-refractivity contribution in [3.05, 3.63) is 52.1 Å². The molecule has 0 saturated carbocycles. The smallest absolute Gasteiger partial charge is 0.326 e. The number of hydrogen-bond donors (Lipinski definition) is 0. The summed E-state index contributed by atoms with van der Waals surface area (Å²) in [6, 6.07) is 5.60. The molecule has 2 amide bonds. The molecule has 0 spiro atoms. The first-order valence-corrected chi connectivity index (χ1v) is 7.86. The number of imide groups is 1. The van der Waals surface area contributed by atoms with E-state index in [1.807, 2.05) is 12.2 Å². The summed E-state index contributed by atoms with van der Waals surface area (Å²) in [4.78, 5) is 47.5. The van der Waals surface area contributed by atoms with Gasteiger partial charge in [0.05, 0.1) is 16.8 Å². The lowest BCUT2D eigenvalue weighted by Gasteiger charge is -2.14. The molecule has 1 fully saturated rings. The second-order valence-corrected chi connectivity index (χ2v) is 6.00. The number of benzene rings is 1. The standard InChI is InChI=1S/C17H16N2O6/c20-15(25-10-11-5-7-12(8-6-11)19(23)24)9-18-16(21)13-3-1-2-4-14(13)17(18)22/h1-2,5-8,13-14H,3-4,9-10H2/t13-,14-/m0/s1. The molecular formula is C17H16N2O6. The van der Waals surface area contributed by atoms with Gasteiger partial charge in [0.1, 0.15) is 13.2 Å². The molecule has 2 atom stereocenters. The molecule has 0 bridgehead atoms. The highest BCUT2D eigenvalue weighted by Crippen LogP contribution is 2.34. The first-order valence-electron chi connectivity index (χ1n) is 7.86. The number of nitro groups is 1. The molecule has 1 aliphatic carbocycles. The molecule has 0 radical (unpaired) electrons. The molecule has 8 heteroatoms. The molecule has 1 aromatic carbocycles. The van der Waals surface area contributed by atoms with Gasteiger partial charge in [0.2, 0.25) is 11.8 Å². The molecule has 8 nitrogen and oxygen atoms in total. The van der Waals surface area contributed by atoms with Gasteiger partial charge in [-0.25, -0.2) is 0 Å².